The van der Waals surface area contributed by atoms with Crippen molar-refractivity contribution in [2.75, 3.05) is 13.7 Å². The highest BCUT2D eigenvalue weighted by molar-refractivity contribution is 5.66. The van der Waals surface area contributed by atoms with Crippen LogP contribution in [0.25, 0.3) is 0 Å². The van der Waals surface area contributed by atoms with Gasteiger partial charge in [-0.2, -0.15) is 0 Å². The Balaban J connectivity index is 2.11. The van der Waals surface area contributed by atoms with E-state index in [1.165, 1.54) is 7.11 Å². The van der Waals surface area contributed by atoms with Gasteiger partial charge in [0.15, 0.2) is 0 Å². The third-order valence-corrected chi connectivity index (χ3v) is 2.30. The van der Waals surface area contributed by atoms with Crippen LogP contribution >= 0.6 is 0 Å². The topological polar surface area (TPSA) is 64.3 Å². The number of amides is 1. The van der Waals surface area contributed by atoms with E-state index in [1.54, 1.807) is 0 Å². The van der Waals surface area contributed by atoms with Crippen molar-refractivity contribution >= 4 is 6.09 Å². The lowest BCUT2D eigenvalue weighted by Crippen LogP contribution is -2.28. The molecule has 1 aliphatic carbocycles. The standard InChI is InChI=1S/C8H16N2O2/c1-12-8(11)10-5-6-2-3-7(9)4-6/h6-7H,2-5,9H2,1H3,(H,10,11). The molecular formula is C8H16N2O2. The summed E-state index contributed by atoms with van der Waals surface area (Å²) in [5, 5.41) is 2.68. The van der Waals surface area contributed by atoms with Crippen molar-refractivity contribution in [1.29, 1.82) is 0 Å². The molecule has 2 unspecified atom stereocenters. The van der Waals surface area contributed by atoms with E-state index in [9.17, 15) is 4.79 Å². The molecular weight excluding hydrogens is 156 g/mol. The van der Waals surface area contributed by atoms with E-state index in [1.807, 2.05) is 0 Å². The minimum atomic E-state index is -0.351. The van der Waals surface area contributed by atoms with Crippen molar-refractivity contribution in [2.45, 2.75) is 25.3 Å². The van der Waals surface area contributed by atoms with Gasteiger partial charge in [0, 0.05) is 12.6 Å². The fourth-order valence-electron chi connectivity index (χ4n) is 1.60. The molecule has 0 spiro atoms. The lowest BCUT2D eigenvalue weighted by atomic mass is 10.1. The van der Waals surface area contributed by atoms with Crippen molar-refractivity contribution in [2.24, 2.45) is 11.7 Å². The van der Waals surface area contributed by atoms with Gasteiger partial charge in [0.25, 0.3) is 0 Å². The molecule has 0 aromatic carbocycles. The van der Waals surface area contributed by atoms with Crippen molar-refractivity contribution < 1.29 is 9.53 Å². The van der Waals surface area contributed by atoms with Gasteiger partial charge in [0.2, 0.25) is 0 Å². The van der Waals surface area contributed by atoms with Crippen LogP contribution in [0.3, 0.4) is 0 Å². The number of methoxy groups -OCH3 is 1. The van der Waals surface area contributed by atoms with Crippen molar-refractivity contribution in [3.8, 4) is 0 Å². The molecule has 0 aromatic rings. The number of carbonyl (C=O) groups excluding carboxylic acids is 1. The molecule has 1 aliphatic rings. The molecule has 1 amide bonds. The van der Waals surface area contributed by atoms with Gasteiger partial charge in [-0.15, -0.1) is 0 Å². The Kier molecular flexibility index (Phi) is 3.34. The number of rotatable bonds is 2. The Morgan fingerprint density at radius 1 is 1.67 bits per heavy atom. The van der Waals surface area contributed by atoms with Crippen LogP contribution in [0.4, 0.5) is 4.79 Å². The minimum Gasteiger partial charge on any atom is -0.453 e. The first-order valence-corrected chi connectivity index (χ1v) is 4.29. The first-order valence-electron chi connectivity index (χ1n) is 4.29. The molecule has 0 aliphatic heterocycles. The Labute approximate surface area is 72.5 Å². The molecule has 4 heteroatoms. The maximum Gasteiger partial charge on any atom is 0.406 e. The highest BCUT2D eigenvalue weighted by Crippen LogP contribution is 2.22. The largest absolute Gasteiger partial charge is 0.453 e. The van der Waals surface area contributed by atoms with Crippen LogP contribution < -0.4 is 11.1 Å². The molecule has 1 fully saturated rings. The highest BCUT2D eigenvalue weighted by atomic mass is 16.5. The van der Waals surface area contributed by atoms with Crippen molar-refractivity contribution in [3.05, 3.63) is 0 Å². The second kappa shape index (κ2) is 4.30. The molecule has 12 heavy (non-hydrogen) atoms. The zero-order valence-corrected chi connectivity index (χ0v) is 7.38. The van der Waals surface area contributed by atoms with Crippen LogP contribution in [-0.4, -0.2) is 25.8 Å². The lowest BCUT2D eigenvalue weighted by molar-refractivity contribution is 0.169. The second-order valence-electron chi connectivity index (χ2n) is 3.31. The van der Waals surface area contributed by atoms with Gasteiger partial charge in [-0.25, -0.2) is 4.79 Å². The zero-order chi connectivity index (χ0) is 8.97. The second-order valence-corrected chi connectivity index (χ2v) is 3.31. The van der Waals surface area contributed by atoms with Gasteiger partial charge in [-0.3, -0.25) is 0 Å². The summed E-state index contributed by atoms with van der Waals surface area (Å²) in [4.78, 5) is 10.7. The number of alkyl carbamates (subject to hydrolysis) is 1. The van der Waals surface area contributed by atoms with Crippen molar-refractivity contribution in [1.82, 2.24) is 5.32 Å². The molecule has 0 heterocycles. The Hall–Kier alpha value is -0.770. The monoisotopic (exact) mass is 172 g/mol. The van der Waals surface area contributed by atoms with Crippen LogP contribution in [0, 0.1) is 5.92 Å². The fourth-order valence-corrected chi connectivity index (χ4v) is 1.60. The number of hydrogen-bond donors (Lipinski definition) is 2. The number of nitrogens with two attached hydrogens (primary N) is 1. The highest BCUT2D eigenvalue weighted by Gasteiger charge is 2.21. The van der Waals surface area contributed by atoms with E-state index in [0.29, 0.717) is 18.5 Å². The molecule has 1 saturated carbocycles. The molecule has 0 bridgehead atoms. The predicted octanol–water partition coefficient (Wildman–Crippen LogP) is 0.470. The number of nitrogens with one attached hydrogen (secondary N) is 1. The van der Waals surface area contributed by atoms with E-state index in [-0.39, 0.29) is 6.09 Å². The van der Waals surface area contributed by atoms with E-state index in [2.05, 4.69) is 10.1 Å². The lowest BCUT2D eigenvalue weighted by Gasteiger charge is -2.09. The summed E-state index contributed by atoms with van der Waals surface area (Å²) in [6, 6.07) is 0.328. The molecule has 2 atom stereocenters. The summed E-state index contributed by atoms with van der Waals surface area (Å²) in [7, 11) is 1.37. The van der Waals surface area contributed by atoms with Crippen LogP contribution in [-0.2, 0) is 4.74 Å². The Bertz CT molecular complexity index is 161. The van der Waals surface area contributed by atoms with E-state index in [4.69, 9.17) is 5.73 Å². The number of ether oxygens (including phenoxy) is 1. The van der Waals surface area contributed by atoms with Gasteiger partial charge in [-0.1, -0.05) is 0 Å². The van der Waals surface area contributed by atoms with Gasteiger partial charge in [-0.05, 0) is 25.2 Å². The molecule has 3 N–H and O–H groups in total. The Morgan fingerprint density at radius 3 is 2.92 bits per heavy atom. The first-order chi connectivity index (χ1) is 5.72. The summed E-state index contributed by atoms with van der Waals surface area (Å²) in [5.74, 6) is 0.541. The summed E-state index contributed by atoms with van der Waals surface area (Å²) in [6.07, 6.45) is 2.86. The van der Waals surface area contributed by atoms with E-state index in [0.717, 1.165) is 19.3 Å². The van der Waals surface area contributed by atoms with Gasteiger partial charge in [0.1, 0.15) is 0 Å². The van der Waals surface area contributed by atoms with E-state index >= 15 is 0 Å². The Morgan fingerprint density at radius 2 is 2.42 bits per heavy atom. The molecule has 4 nitrogen and oxygen atoms in total. The first kappa shape index (κ1) is 9.32. The van der Waals surface area contributed by atoms with Crippen LogP contribution in [0.1, 0.15) is 19.3 Å². The quantitative estimate of drug-likeness (QED) is 0.636. The third-order valence-electron chi connectivity index (χ3n) is 2.30. The molecule has 0 aromatic heterocycles. The molecule has 0 radical (unpaired) electrons. The van der Waals surface area contributed by atoms with Crippen LogP contribution in [0.15, 0.2) is 0 Å². The van der Waals surface area contributed by atoms with Gasteiger partial charge < -0.3 is 15.8 Å². The van der Waals surface area contributed by atoms with Crippen LogP contribution in [0.5, 0.6) is 0 Å². The van der Waals surface area contributed by atoms with Crippen LogP contribution in [0.2, 0.25) is 0 Å². The zero-order valence-electron chi connectivity index (χ0n) is 7.38. The maximum atomic E-state index is 10.7. The minimum absolute atomic E-state index is 0.328. The summed E-state index contributed by atoms with van der Waals surface area (Å²) >= 11 is 0. The van der Waals surface area contributed by atoms with E-state index < -0.39 is 0 Å². The number of hydrogen-bond acceptors (Lipinski definition) is 3. The SMILES string of the molecule is COC(=O)NCC1CCC(N)C1. The molecule has 70 valence electrons. The smallest absolute Gasteiger partial charge is 0.406 e. The van der Waals surface area contributed by atoms with Crippen molar-refractivity contribution in [3.63, 3.8) is 0 Å². The van der Waals surface area contributed by atoms with Gasteiger partial charge >= 0.3 is 6.09 Å². The average molecular weight is 172 g/mol. The predicted molar refractivity (Wildman–Crippen MR) is 45.7 cm³/mol. The molecule has 1 rings (SSSR count). The third kappa shape index (κ3) is 2.70. The van der Waals surface area contributed by atoms with Gasteiger partial charge in [0.05, 0.1) is 7.11 Å². The maximum absolute atomic E-state index is 10.7. The fraction of sp³-hybridized carbons (Fsp3) is 0.875. The molecule has 0 saturated heterocycles. The summed E-state index contributed by atoms with van der Waals surface area (Å²) in [5.41, 5.74) is 5.72. The normalized spacial score (nSPS) is 28.5. The average Bonchev–Trinajstić information content (AvgIpc) is 2.47. The number of carbonyl (C=O) groups is 1. The summed E-state index contributed by atoms with van der Waals surface area (Å²) < 4.78 is 4.46. The summed E-state index contributed by atoms with van der Waals surface area (Å²) in [6.45, 7) is 0.695.